The van der Waals surface area contributed by atoms with Gasteiger partial charge in [-0.2, -0.15) is 0 Å². The first kappa shape index (κ1) is 13.0. The summed E-state index contributed by atoms with van der Waals surface area (Å²) in [5.41, 5.74) is 1.51. The second kappa shape index (κ2) is 4.94. The van der Waals surface area contributed by atoms with Crippen molar-refractivity contribution >= 4 is 11.7 Å². The van der Waals surface area contributed by atoms with E-state index in [9.17, 15) is 4.79 Å². The van der Waals surface area contributed by atoms with Gasteiger partial charge in [-0.05, 0) is 12.5 Å². The first-order chi connectivity index (χ1) is 10.7. The third-order valence-corrected chi connectivity index (χ3v) is 4.07. The van der Waals surface area contributed by atoms with Gasteiger partial charge in [-0.15, -0.1) is 0 Å². The summed E-state index contributed by atoms with van der Waals surface area (Å²) in [7, 11) is 0. The molecule has 0 aliphatic carbocycles. The fraction of sp³-hybridized carbons (Fsp3) is 0.333. The normalized spacial score (nSPS) is 18.2. The summed E-state index contributed by atoms with van der Waals surface area (Å²) in [6.07, 6.45) is 7.75. The Morgan fingerprint density at radius 1 is 1.36 bits per heavy atom. The van der Waals surface area contributed by atoms with Crippen LogP contribution in [0.3, 0.4) is 0 Å². The van der Waals surface area contributed by atoms with Crippen LogP contribution in [0.1, 0.15) is 34.4 Å². The highest BCUT2D eigenvalue weighted by molar-refractivity contribution is 5.92. The van der Waals surface area contributed by atoms with Crippen LogP contribution in [0.5, 0.6) is 0 Å². The number of aryl methyl sites for hydroxylation is 1. The van der Waals surface area contributed by atoms with E-state index in [1.165, 1.54) is 6.26 Å². The van der Waals surface area contributed by atoms with Gasteiger partial charge in [0.25, 0.3) is 5.91 Å². The van der Waals surface area contributed by atoms with Crippen LogP contribution in [0.25, 0.3) is 5.78 Å². The van der Waals surface area contributed by atoms with Crippen molar-refractivity contribution in [1.82, 2.24) is 24.3 Å². The number of nitrogens with zero attached hydrogens (tertiary/aromatic N) is 5. The minimum atomic E-state index is -0.0738. The van der Waals surface area contributed by atoms with Gasteiger partial charge in [0.2, 0.25) is 5.78 Å². The average Bonchev–Trinajstić information content (AvgIpc) is 3.26. The summed E-state index contributed by atoms with van der Waals surface area (Å²) in [5, 5.41) is 0. The average molecular weight is 297 g/mol. The van der Waals surface area contributed by atoms with Crippen molar-refractivity contribution in [2.45, 2.75) is 19.3 Å². The quantitative estimate of drug-likeness (QED) is 0.719. The number of hydrogen-bond donors (Lipinski definition) is 0. The molecule has 1 aliphatic heterocycles. The number of aromatic nitrogens is 4. The second-order valence-electron chi connectivity index (χ2n) is 5.46. The molecule has 1 unspecified atom stereocenters. The highest BCUT2D eigenvalue weighted by atomic mass is 16.3. The number of oxazole rings is 1. The number of imidazole rings is 1. The van der Waals surface area contributed by atoms with Gasteiger partial charge in [0.15, 0.2) is 11.6 Å². The predicted molar refractivity (Wildman–Crippen MR) is 77.5 cm³/mol. The van der Waals surface area contributed by atoms with Crippen LogP contribution in [-0.4, -0.2) is 43.2 Å². The molecule has 0 bridgehead atoms. The monoisotopic (exact) mass is 297 g/mol. The summed E-state index contributed by atoms with van der Waals surface area (Å²) < 4.78 is 7.11. The van der Waals surface area contributed by atoms with Crippen LogP contribution in [0, 0.1) is 6.92 Å². The molecule has 3 aromatic heterocycles. The molecule has 0 saturated carbocycles. The molecule has 0 radical (unpaired) electrons. The Kier molecular flexibility index (Phi) is 2.92. The molecule has 7 heteroatoms. The minimum absolute atomic E-state index is 0.0738. The van der Waals surface area contributed by atoms with Crippen molar-refractivity contribution in [1.29, 1.82) is 0 Å². The molecule has 112 valence electrons. The summed E-state index contributed by atoms with van der Waals surface area (Å²) in [4.78, 5) is 26.8. The van der Waals surface area contributed by atoms with Crippen molar-refractivity contribution in [3.63, 3.8) is 0 Å². The SMILES string of the molecule is Cc1nc(C(=O)N2CCC(c3ccnc4nccn34)C2)co1. The molecular weight excluding hydrogens is 282 g/mol. The van der Waals surface area contributed by atoms with E-state index in [2.05, 4.69) is 15.0 Å². The van der Waals surface area contributed by atoms with Gasteiger partial charge in [0.05, 0.1) is 0 Å². The molecule has 7 nitrogen and oxygen atoms in total. The largest absolute Gasteiger partial charge is 0.448 e. The van der Waals surface area contributed by atoms with Gasteiger partial charge in [-0.1, -0.05) is 0 Å². The molecule has 1 amide bonds. The number of rotatable bonds is 2. The highest BCUT2D eigenvalue weighted by Gasteiger charge is 2.30. The maximum absolute atomic E-state index is 12.4. The van der Waals surface area contributed by atoms with Crippen molar-refractivity contribution < 1.29 is 9.21 Å². The molecule has 0 aromatic carbocycles. The number of carbonyl (C=O) groups excluding carboxylic acids is 1. The molecule has 1 fully saturated rings. The van der Waals surface area contributed by atoms with E-state index in [-0.39, 0.29) is 11.8 Å². The Labute approximate surface area is 126 Å². The summed E-state index contributed by atoms with van der Waals surface area (Å²) in [5.74, 6) is 1.40. The van der Waals surface area contributed by atoms with E-state index >= 15 is 0 Å². The lowest BCUT2D eigenvalue weighted by Gasteiger charge is -2.15. The first-order valence-electron chi connectivity index (χ1n) is 7.22. The minimum Gasteiger partial charge on any atom is -0.448 e. The Morgan fingerprint density at radius 2 is 2.23 bits per heavy atom. The van der Waals surface area contributed by atoms with Gasteiger partial charge in [0.1, 0.15) is 6.26 Å². The van der Waals surface area contributed by atoms with Crippen LogP contribution >= 0.6 is 0 Å². The van der Waals surface area contributed by atoms with Crippen LogP contribution in [0.4, 0.5) is 0 Å². The molecule has 3 aromatic rings. The number of hydrogen-bond acceptors (Lipinski definition) is 5. The van der Waals surface area contributed by atoms with E-state index < -0.39 is 0 Å². The van der Waals surface area contributed by atoms with Crippen LogP contribution in [0.15, 0.2) is 35.3 Å². The smallest absolute Gasteiger partial charge is 0.275 e. The van der Waals surface area contributed by atoms with E-state index in [0.29, 0.717) is 30.5 Å². The van der Waals surface area contributed by atoms with Crippen LogP contribution in [0.2, 0.25) is 0 Å². The molecule has 1 saturated heterocycles. The number of amides is 1. The van der Waals surface area contributed by atoms with Gasteiger partial charge < -0.3 is 9.32 Å². The third-order valence-electron chi connectivity index (χ3n) is 4.07. The van der Waals surface area contributed by atoms with Gasteiger partial charge >= 0.3 is 0 Å². The molecule has 0 spiro atoms. The Bertz CT molecular complexity index is 837. The van der Waals surface area contributed by atoms with Gasteiger partial charge in [0, 0.05) is 50.2 Å². The Hall–Kier alpha value is -2.70. The summed E-state index contributed by atoms with van der Waals surface area (Å²) >= 11 is 0. The molecule has 1 atom stereocenters. The Morgan fingerprint density at radius 3 is 3.05 bits per heavy atom. The lowest BCUT2D eigenvalue weighted by Crippen LogP contribution is -2.28. The first-order valence-corrected chi connectivity index (χ1v) is 7.22. The fourth-order valence-corrected chi connectivity index (χ4v) is 3.00. The van der Waals surface area contributed by atoms with E-state index in [1.54, 1.807) is 19.3 Å². The second-order valence-corrected chi connectivity index (χ2v) is 5.46. The van der Waals surface area contributed by atoms with Crippen molar-refractivity contribution in [3.8, 4) is 0 Å². The Balaban J connectivity index is 1.57. The lowest BCUT2D eigenvalue weighted by atomic mass is 10.0. The van der Waals surface area contributed by atoms with Crippen molar-refractivity contribution in [3.05, 3.63) is 48.2 Å². The standard InChI is InChI=1S/C15H15N5O2/c1-10-18-12(9-22-10)14(21)19-6-3-11(8-19)13-2-4-16-15-17-5-7-20(13)15/h2,4-5,7,9,11H,3,6,8H2,1H3. The topological polar surface area (TPSA) is 76.5 Å². The molecule has 4 rings (SSSR count). The summed E-state index contributed by atoms with van der Waals surface area (Å²) in [6.45, 7) is 3.12. The van der Waals surface area contributed by atoms with E-state index in [1.807, 2.05) is 21.6 Å². The highest BCUT2D eigenvalue weighted by Crippen LogP contribution is 2.28. The number of carbonyl (C=O) groups is 1. The fourth-order valence-electron chi connectivity index (χ4n) is 3.00. The van der Waals surface area contributed by atoms with Crippen LogP contribution < -0.4 is 0 Å². The van der Waals surface area contributed by atoms with Crippen LogP contribution in [-0.2, 0) is 0 Å². The van der Waals surface area contributed by atoms with Crippen molar-refractivity contribution in [2.75, 3.05) is 13.1 Å². The van der Waals surface area contributed by atoms with Gasteiger partial charge in [-0.25, -0.2) is 15.0 Å². The van der Waals surface area contributed by atoms with Gasteiger partial charge in [-0.3, -0.25) is 9.20 Å². The zero-order chi connectivity index (χ0) is 15.1. The van der Waals surface area contributed by atoms with E-state index in [0.717, 1.165) is 12.1 Å². The van der Waals surface area contributed by atoms with E-state index in [4.69, 9.17) is 4.42 Å². The molecular formula is C15H15N5O2. The number of likely N-dealkylation sites (tertiary alicyclic amines) is 1. The maximum Gasteiger partial charge on any atom is 0.275 e. The zero-order valence-electron chi connectivity index (χ0n) is 12.1. The number of fused-ring (bicyclic) bond motifs is 1. The summed E-state index contributed by atoms with van der Waals surface area (Å²) in [6, 6.07) is 1.99. The molecule has 22 heavy (non-hydrogen) atoms. The maximum atomic E-state index is 12.4. The molecule has 0 N–H and O–H groups in total. The predicted octanol–water partition coefficient (Wildman–Crippen LogP) is 1.66. The molecule has 1 aliphatic rings. The van der Waals surface area contributed by atoms with Crippen molar-refractivity contribution in [2.24, 2.45) is 0 Å². The third kappa shape index (κ3) is 2.05. The molecule has 4 heterocycles. The lowest BCUT2D eigenvalue weighted by molar-refractivity contribution is 0.0784. The zero-order valence-corrected chi connectivity index (χ0v) is 12.1.